The maximum Gasteiger partial charge on any atom is 0.472 e. The number of carbonyl (C=O) groups excluding carboxylic acids is 2. The molecule has 0 radical (unpaired) electrons. The maximum atomic E-state index is 12.1. The van der Waals surface area contributed by atoms with Crippen LogP contribution in [0.5, 0.6) is 0 Å². The standard InChI is InChI=1S/C51H88NO8P/c1-3-5-7-9-11-13-15-17-19-21-22-23-24-25-26-28-30-32-34-36-38-40-42-44-51(55)58-47-49(53)48-60-61(56,57)59-46-45-52-50(54)43-41-39-37-35-33-31-29-27-20-18-16-14-12-10-8-6-4-2/h5,7,11,13,17-20,22-23,25-26,30,32,49,53H,3-4,6,8-10,12,14-16,21,24,27-29,31,33-48H2,1-2H3,(H,52,54)(H,56,57)/b7-5-,13-11-,19-17-,20-18-,23-22-,26-25-,32-30-. The van der Waals surface area contributed by atoms with Crippen molar-refractivity contribution in [1.29, 1.82) is 0 Å². The predicted octanol–water partition coefficient (Wildman–Crippen LogP) is 14.0. The monoisotopic (exact) mass is 874 g/mol. The lowest BCUT2D eigenvalue weighted by Crippen LogP contribution is -2.27. The summed E-state index contributed by atoms with van der Waals surface area (Å²) in [6, 6.07) is 0. The Morgan fingerprint density at radius 3 is 1.43 bits per heavy atom. The highest BCUT2D eigenvalue weighted by atomic mass is 31.2. The molecule has 0 fully saturated rings. The quantitative estimate of drug-likeness (QED) is 0.0239. The van der Waals surface area contributed by atoms with Gasteiger partial charge in [-0.2, -0.15) is 0 Å². The molecule has 9 nitrogen and oxygen atoms in total. The summed E-state index contributed by atoms with van der Waals surface area (Å²) in [4.78, 5) is 34.0. The van der Waals surface area contributed by atoms with Crippen LogP contribution in [0.3, 0.4) is 0 Å². The van der Waals surface area contributed by atoms with Crippen LogP contribution in [0, 0.1) is 0 Å². The lowest BCUT2D eigenvalue weighted by molar-refractivity contribution is -0.147. The fourth-order valence-electron chi connectivity index (χ4n) is 6.20. The second-order valence-corrected chi connectivity index (χ2v) is 17.1. The van der Waals surface area contributed by atoms with Crippen LogP contribution in [-0.2, 0) is 27.9 Å². The van der Waals surface area contributed by atoms with Crippen molar-refractivity contribution in [3.05, 3.63) is 85.1 Å². The molecule has 0 aromatic carbocycles. The predicted molar refractivity (Wildman–Crippen MR) is 256 cm³/mol. The average Bonchev–Trinajstić information content (AvgIpc) is 3.25. The number of esters is 1. The van der Waals surface area contributed by atoms with Crippen molar-refractivity contribution >= 4 is 19.7 Å². The van der Waals surface area contributed by atoms with Gasteiger partial charge in [-0.05, 0) is 89.9 Å². The van der Waals surface area contributed by atoms with Crippen LogP contribution >= 0.6 is 7.82 Å². The van der Waals surface area contributed by atoms with Crippen LogP contribution in [0.25, 0.3) is 0 Å². The van der Waals surface area contributed by atoms with E-state index < -0.39 is 26.5 Å². The van der Waals surface area contributed by atoms with Gasteiger partial charge < -0.3 is 20.1 Å². The second-order valence-electron chi connectivity index (χ2n) is 15.7. The molecular formula is C51H88NO8P. The molecule has 3 N–H and O–H groups in total. The molecule has 2 atom stereocenters. The highest BCUT2D eigenvalue weighted by Crippen LogP contribution is 2.42. The SMILES string of the molecule is CC/C=C\C/C=C\C/C=C\C/C=C\C/C=C\C/C=C\CCCCCCC(=O)OCC(O)COP(=O)(O)OCCNC(=O)CCCCCCCCC/C=C\CCCCCCCC. The Labute approximate surface area is 373 Å². The molecule has 61 heavy (non-hydrogen) atoms. The molecular weight excluding hydrogens is 786 g/mol. The smallest absolute Gasteiger partial charge is 0.463 e. The van der Waals surface area contributed by atoms with E-state index in [2.05, 4.69) is 104 Å². The first-order chi connectivity index (χ1) is 29.8. The average molecular weight is 874 g/mol. The Hall–Kier alpha value is -2.81. The van der Waals surface area contributed by atoms with Crippen molar-refractivity contribution in [2.24, 2.45) is 0 Å². The summed E-state index contributed by atoms with van der Waals surface area (Å²) in [7, 11) is -4.43. The minimum absolute atomic E-state index is 0.0722. The Morgan fingerprint density at radius 1 is 0.525 bits per heavy atom. The number of aliphatic hydroxyl groups is 1. The number of nitrogens with one attached hydrogen (secondary N) is 1. The molecule has 0 saturated carbocycles. The van der Waals surface area contributed by atoms with Gasteiger partial charge in [0.15, 0.2) is 0 Å². The summed E-state index contributed by atoms with van der Waals surface area (Å²) in [5.41, 5.74) is 0. The summed E-state index contributed by atoms with van der Waals surface area (Å²) in [6.45, 7) is 3.40. The minimum Gasteiger partial charge on any atom is -0.463 e. The van der Waals surface area contributed by atoms with Crippen LogP contribution in [0.2, 0.25) is 0 Å². The molecule has 0 aliphatic rings. The molecule has 350 valence electrons. The van der Waals surface area contributed by atoms with Gasteiger partial charge in [-0.1, -0.05) is 176 Å². The molecule has 0 spiro atoms. The molecule has 0 heterocycles. The van der Waals surface area contributed by atoms with Gasteiger partial charge in [0.05, 0.1) is 13.2 Å². The molecule has 10 heteroatoms. The lowest BCUT2D eigenvalue weighted by Gasteiger charge is -2.15. The first kappa shape index (κ1) is 58.2. The number of unbranched alkanes of at least 4 members (excludes halogenated alkanes) is 17. The number of carbonyl (C=O) groups is 2. The Kier molecular flexibility index (Phi) is 44.5. The summed E-state index contributed by atoms with van der Waals surface area (Å²) < 4.78 is 26.9. The summed E-state index contributed by atoms with van der Waals surface area (Å²) >= 11 is 0. The highest BCUT2D eigenvalue weighted by Gasteiger charge is 2.23. The fraction of sp³-hybridized carbons (Fsp3) is 0.686. The summed E-state index contributed by atoms with van der Waals surface area (Å²) in [6.07, 6.45) is 59.4. The third-order valence-corrected chi connectivity index (χ3v) is 10.8. The molecule has 2 unspecified atom stereocenters. The van der Waals surface area contributed by atoms with Gasteiger partial charge in [-0.15, -0.1) is 0 Å². The number of aliphatic hydroxyl groups excluding tert-OH is 1. The van der Waals surface area contributed by atoms with Crippen LogP contribution in [-0.4, -0.2) is 54.3 Å². The summed E-state index contributed by atoms with van der Waals surface area (Å²) in [5.74, 6) is -0.550. The summed E-state index contributed by atoms with van der Waals surface area (Å²) in [5, 5.41) is 12.7. The topological polar surface area (TPSA) is 131 Å². The maximum absolute atomic E-state index is 12.1. The molecule has 0 aliphatic heterocycles. The number of phosphoric acid groups is 1. The van der Waals surface area contributed by atoms with Gasteiger partial charge in [0.25, 0.3) is 0 Å². The van der Waals surface area contributed by atoms with E-state index >= 15 is 0 Å². The van der Waals surface area contributed by atoms with Crippen molar-refractivity contribution in [3.63, 3.8) is 0 Å². The Balaban J connectivity index is 3.66. The number of amides is 1. The third-order valence-electron chi connectivity index (χ3n) is 9.81. The van der Waals surface area contributed by atoms with Gasteiger partial charge in [0.2, 0.25) is 5.91 Å². The van der Waals surface area contributed by atoms with E-state index in [1.165, 1.54) is 77.0 Å². The number of hydrogen-bond donors (Lipinski definition) is 3. The van der Waals surface area contributed by atoms with Gasteiger partial charge in [-0.3, -0.25) is 18.6 Å². The largest absolute Gasteiger partial charge is 0.472 e. The van der Waals surface area contributed by atoms with E-state index in [9.17, 15) is 24.2 Å². The van der Waals surface area contributed by atoms with Gasteiger partial charge >= 0.3 is 13.8 Å². The van der Waals surface area contributed by atoms with E-state index in [0.717, 1.165) is 83.5 Å². The number of rotatable bonds is 44. The molecule has 0 aromatic heterocycles. The third kappa shape index (κ3) is 48.1. The van der Waals surface area contributed by atoms with Gasteiger partial charge in [0, 0.05) is 19.4 Å². The molecule has 0 aromatic rings. The van der Waals surface area contributed by atoms with Crippen molar-refractivity contribution < 1.29 is 37.9 Å². The molecule has 0 bridgehead atoms. The zero-order valence-electron chi connectivity index (χ0n) is 38.6. The minimum atomic E-state index is -4.43. The molecule has 0 saturated heterocycles. The van der Waals surface area contributed by atoms with E-state index in [0.29, 0.717) is 12.8 Å². The van der Waals surface area contributed by atoms with Crippen LogP contribution in [0.15, 0.2) is 85.1 Å². The zero-order valence-corrected chi connectivity index (χ0v) is 39.5. The molecule has 1 amide bonds. The lowest BCUT2D eigenvalue weighted by atomic mass is 10.1. The normalized spacial score (nSPS) is 14.0. The van der Waals surface area contributed by atoms with Gasteiger partial charge in [0.1, 0.15) is 12.7 Å². The van der Waals surface area contributed by atoms with E-state index in [-0.39, 0.29) is 32.1 Å². The Morgan fingerprint density at radius 2 is 0.934 bits per heavy atom. The number of ether oxygens (including phenoxy) is 1. The number of allylic oxidation sites excluding steroid dienone is 14. The van der Waals surface area contributed by atoms with Crippen molar-refractivity contribution in [2.75, 3.05) is 26.4 Å². The molecule has 0 rings (SSSR count). The van der Waals surface area contributed by atoms with Crippen molar-refractivity contribution in [1.82, 2.24) is 5.32 Å². The number of phosphoric ester groups is 1. The van der Waals surface area contributed by atoms with Crippen LogP contribution < -0.4 is 5.32 Å². The van der Waals surface area contributed by atoms with E-state index in [4.69, 9.17) is 13.8 Å². The highest BCUT2D eigenvalue weighted by molar-refractivity contribution is 7.47. The first-order valence-corrected chi connectivity index (χ1v) is 25.6. The van der Waals surface area contributed by atoms with Crippen molar-refractivity contribution in [2.45, 2.75) is 200 Å². The van der Waals surface area contributed by atoms with Crippen LogP contribution in [0.1, 0.15) is 194 Å². The first-order valence-electron chi connectivity index (χ1n) is 24.1. The van der Waals surface area contributed by atoms with Crippen LogP contribution in [0.4, 0.5) is 0 Å². The van der Waals surface area contributed by atoms with E-state index in [1.54, 1.807) is 0 Å². The van der Waals surface area contributed by atoms with Gasteiger partial charge in [-0.25, -0.2) is 4.57 Å². The second kappa shape index (κ2) is 46.7. The number of hydrogen-bond acceptors (Lipinski definition) is 7. The van der Waals surface area contributed by atoms with E-state index in [1.807, 2.05) is 0 Å². The van der Waals surface area contributed by atoms with Crippen molar-refractivity contribution in [3.8, 4) is 0 Å². The zero-order chi connectivity index (χ0) is 44.6. The fourth-order valence-corrected chi connectivity index (χ4v) is 6.96. The Bertz CT molecular complexity index is 1270. The molecule has 0 aliphatic carbocycles.